The molecule has 0 aliphatic carbocycles. The molecule has 1 aromatic heterocycles. The van der Waals surface area contributed by atoms with Crippen LogP contribution in [0.1, 0.15) is 11.1 Å². The summed E-state index contributed by atoms with van der Waals surface area (Å²) in [5, 5.41) is 0. The Morgan fingerprint density at radius 3 is 2.13 bits per heavy atom. The SMILES string of the molecule is Cc1cc(C(F)(F)C(F)(F)F)cnc1N. The van der Waals surface area contributed by atoms with Gasteiger partial charge in [-0.1, -0.05) is 0 Å². The number of hydrogen-bond donors (Lipinski definition) is 1. The maximum absolute atomic E-state index is 12.8. The van der Waals surface area contributed by atoms with Gasteiger partial charge in [0.25, 0.3) is 0 Å². The molecule has 0 saturated heterocycles. The molecule has 1 rings (SSSR count). The molecule has 7 heteroatoms. The number of pyridine rings is 1. The summed E-state index contributed by atoms with van der Waals surface area (Å²) in [4.78, 5) is 3.26. The van der Waals surface area contributed by atoms with Crippen molar-refractivity contribution in [2.75, 3.05) is 5.73 Å². The van der Waals surface area contributed by atoms with Crippen molar-refractivity contribution in [1.29, 1.82) is 0 Å². The lowest BCUT2D eigenvalue weighted by Gasteiger charge is -2.19. The largest absolute Gasteiger partial charge is 0.458 e. The molecule has 15 heavy (non-hydrogen) atoms. The number of aryl methyl sites for hydroxylation is 1. The van der Waals surface area contributed by atoms with Crippen LogP contribution in [0.15, 0.2) is 12.3 Å². The Labute approximate surface area is 81.9 Å². The fourth-order valence-electron chi connectivity index (χ4n) is 0.921. The minimum atomic E-state index is -5.63. The van der Waals surface area contributed by atoms with Crippen molar-refractivity contribution in [2.24, 2.45) is 0 Å². The molecule has 0 radical (unpaired) electrons. The van der Waals surface area contributed by atoms with Gasteiger partial charge in [0.05, 0.1) is 0 Å². The van der Waals surface area contributed by atoms with Gasteiger partial charge in [-0.2, -0.15) is 22.0 Å². The normalized spacial score (nSPS) is 12.9. The second-order valence-electron chi connectivity index (χ2n) is 3.00. The lowest BCUT2D eigenvalue weighted by atomic mass is 10.1. The molecular formula is C8H7F5N2. The molecule has 2 nitrogen and oxygen atoms in total. The summed E-state index contributed by atoms with van der Waals surface area (Å²) in [7, 11) is 0. The first-order valence-corrected chi connectivity index (χ1v) is 3.83. The van der Waals surface area contributed by atoms with E-state index in [1.807, 2.05) is 0 Å². The number of alkyl halides is 5. The van der Waals surface area contributed by atoms with Crippen LogP contribution < -0.4 is 5.73 Å². The Morgan fingerprint density at radius 1 is 1.20 bits per heavy atom. The third-order valence-corrected chi connectivity index (χ3v) is 1.84. The molecule has 1 aromatic rings. The van der Waals surface area contributed by atoms with Crippen LogP contribution in [0.5, 0.6) is 0 Å². The Morgan fingerprint density at radius 2 is 1.73 bits per heavy atom. The van der Waals surface area contributed by atoms with Crippen LogP contribution in [-0.2, 0) is 5.92 Å². The van der Waals surface area contributed by atoms with Crippen molar-refractivity contribution in [3.8, 4) is 0 Å². The van der Waals surface area contributed by atoms with Gasteiger partial charge in [0.2, 0.25) is 0 Å². The number of rotatable bonds is 1. The first kappa shape index (κ1) is 11.7. The molecule has 2 N–H and O–H groups in total. The second-order valence-corrected chi connectivity index (χ2v) is 3.00. The molecule has 0 aliphatic heterocycles. The van der Waals surface area contributed by atoms with E-state index in [0.29, 0.717) is 12.3 Å². The van der Waals surface area contributed by atoms with Crippen molar-refractivity contribution in [1.82, 2.24) is 4.98 Å². The van der Waals surface area contributed by atoms with Gasteiger partial charge in [0.15, 0.2) is 0 Å². The van der Waals surface area contributed by atoms with E-state index in [2.05, 4.69) is 4.98 Å². The number of anilines is 1. The number of nitrogens with two attached hydrogens (primary N) is 1. The van der Waals surface area contributed by atoms with E-state index in [-0.39, 0.29) is 11.4 Å². The second kappa shape index (κ2) is 3.32. The van der Waals surface area contributed by atoms with E-state index < -0.39 is 17.7 Å². The smallest absolute Gasteiger partial charge is 0.383 e. The van der Waals surface area contributed by atoms with Gasteiger partial charge in [-0.05, 0) is 18.6 Å². The Bertz CT molecular complexity index is 372. The average Bonchev–Trinajstić information content (AvgIpc) is 2.07. The van der Waals surface area contributed by atoms with E-state index >= 15 is 0 Å². The van der Waals surface area contributed by atoms with Crippen LogP contribution in [0.4, 0.5) is 27.8 Å². The minimum absolute atomic E-state index is 0.0725. The molecule has 0 unspecified atom stereocenters. The zero-order valence-electron chi connectivity index (χ0n) is 7.57. The predicted molar refractivity (Wildman–Crippen MR) is 43.3 cm³/mol. The summed E-state index contributed by atoms with van der Waals surface area (Å²) in [5.41, 5.74) is 4.08. The average molecular weight is 226 g/mol. The molecule has 0 atom stereocenters. The van der Waals surface area contributed by atoms with Crippen molar-refractivity contribution in [3.63, 3.8) is 0 Å². The van der Waals surface area contributed by atoms with Crippen LogP contribution in [0.25, 0.3) is 0 Å². The highest BCUT2D eigenvalue weighted by Crippen LogP contribution is 2.43. The third-order valence-electron chi connectivity index (χ3n) is 1.84. The van der Waals surface area contributed by atoms with Gasteiger partial charge in [0.1, 0.15) is 5.82 Å². The molecule has 0 saturated carbocycles. The van der Waals surface area contributed by atoms with E-state index in [0.717, 1.165) is 0 Å². The minimum Gasteiger partial charge on any atom is -0.383 e. The van der Waals surface area contributed by atoms with Gasteiger partial charge < -0.3 is 5.73 Å². The van der Waals surface area contributed by atoms with E-state index in [4.69, 9.17) is 5.73 Å². The highest BCUT2D eigenvalue weighted by atomic mass is 19.4. The quantitative estimate of drug-likeness (QED) is 0.747. The van der Waals surface area contributed by atoms with Crippen molar-refractivity contribution in [2.45, 2.75) is 19.0 Å². The monoisotopic (exact) mass is 226 g/mol. The number of halogens is 5. The Kier molecular flexibility index (Phi) is 2.58. The molecule has 0 aliphatic rings. The summed E-state index contributed by atoms with van der Waals surface area (Å²) < 4.78 is 61.4. The number of hydrogen-bond acceptors (Lipinski definition) is 2. The fraction of sp³-hybridized carbons (Fsp3) is 0.375. The van der Waals surface area contributed by atoms with E-state index in [1.165, 1.54) is 6.92 Å². The van der Waals surface area contributed by atoms with E-state index in [1.54, 1.807) is 0 Å². The molecule has 1 heterocycles. The molecule has 0 amide bonds. The predicted octanol–water partition coefficient (Wildman–Crippen LogP) is 2.63. The maximum atomic E-state index is 12.8. The van der Waals surface area contributed by atoms with Crippen LogP contribution in [0.2, 0.25) is 0 Å². The van der Waals surface area contributed by atoms with Crippen molar-refractivity contribution in [3.05, 3.63) is 23.4 Å². The summed E-state index contributed by atoms with van der Waals surface area (Å²) in [6.45, 7) is 1.30. The van der Waals surface area contributed by atoms with Crippen LogP contribution in [0, 0.1) is 6.92 Å². The van der Waals surface area contributed by atoms with Gasteiger partial charge in [-0.25, -0.2) is 4.98 Å². The first-order valence-electron chi connectivity index (χ1n) is 3.83. The van der Waals surface area contributed by atoms with Gasteiger partial charge in [-0.15, -0.1) is 0 Å². The summed E-state index contributed by atoms with van der Waals surface area (Å²) in [5.74, 6) is -4.98. The van der Waals surface area contributed by atoms with Gasteiger partial charge >= 0.3 is 12.1 Å². The lowest BCUT2D eigenvalue weighted by molar-refractivity contribution is -0.289. The lowest BCUT2D eigenvalue weighted by Crippen LogP contribution is -2.33. The zero-order chi connectivity index (χ0) is 11.9. The highest BCUT2D eigenvalue weighted by molar-refractivity contribution is 5.40. The molecule has 0 aromatic carbocycles. The third kappa shape index (κ3) is 2.00. The number of nitrogen functional groups attached to an aromatic ring is 1. The van der Waals surface area contributed by atoms with Gasteiger partial charge in [0, 0.05) is 11.8 Å². The standard InChI is InChI=1S/C8H7F5N2/c1-4-2-5(3-15-6(4)14)7(9,10)8(11,12)13/h2-3H,1H3,(H2,14,15). The molecule has 0 fully saturated rings. The Balaban J connectivity index is 3.22. The first-order chi connectivity index (χ1) is 6.66. The van der Waals surface area contributed by atoms with Crippen molar-refractivity contribution >= 4 is 5.82 Å². The van der Waals surface area contributed by atoms with Gasteiger partial charge in [-0.3, -0.25) is 0 Å². The number of aromatic nitrogens is 1. The topological polar surface area (TPSA) is 38.9 Å². The fourth-order valence-corrected chi connectivity index (χ4v) is 0.921. The van der Waals surface area contributed by atoms with E-state index in [9.17, 15) is 22.0 Å². The number of nitrogens with zero attached hydrogens (tertiary/aromatic N) is 1. The summed E-state index contributed by atoms with van der Waals surface area (Å²) in [6.07, 6.45) is -5.20. The zero-order valence-corrected chi connectivity index (χ0v) is 7.57. The molecular weight excluding hydrogens is 219 g/mol. The summed E-state index contributed by atoms with van der Waals surface area (Å²) in [6, 6.07) is 0.676. The van der Waals surface area contributed by atoms with Crippen LogP contribution in [0.3, 0.4) is 0 Å². The van der Waals surface area contributed by atoms with Crippen molar-refractivity contribution < 1.29 is 22.0 Å². The Hall–Kier alpha value is -1.40. The molecule has 0 bridgehead atoms. The highest BCUT2D eigenvalue weighted by Gasteiger charge is 2.58. The molecule has 0 spiro atoms. The summed E-state index contributed by atoms with van der Waals surface area (Å²) >= 11 is 0. The molecule has 84 valence electrons. The van der Waals surface area contributed by atoms with Crippen LogP contribution in [-0.4, -0.2) is 11.2 Å². The van der Waals surface area contributed by atoms with Crippen LogP contribution >= 0.6 is 0 Å². The maximum Gasteiger partial charge on any atom is 0.458 e.